The summed E-state index contributed by atoms with van der Waals surface area (Å²) < 4.78 is 17.3. The molecule has 0 unspecified atom stereocenters. The van der Waals surface area contributed by atoms with Crippen molar-refractivity contribution < 1.29 is 13.7 Å². The van der Waals surface area contributed by atoms with Crippen molar-refractivity contribution in [1.29, 1.82) is 0 Å². The number of ether oxygens (including phenoxy) is 1. The van der Waals surface area contributed by atoms with E-state index in [1.54, 1.807) is 4.90 Å². The summed E-state index contributed by atoms with van der Waals surface area (Å²) in [7, 11) is -0.800. The molecule has 1 aromatic carbocycles. The van der Waals surface area contributed by atoms with Gasteiger partial charge in [-0.05, 0) is 49.4 Å². The predicted octanol–water partition coefficient (Wildman–Crippen LogP) is 2.87. The molecule has 0 aromatic heterocycles. The summed E-state index contributed by atoms with van der Waals surface area (Å²) in [6.45, 7) is 9.01. The van der Waals surface area contributed by atoms with E-state index in [2.05, 4.69) is 26.8 Å². The molecule has 5 heteroatoms. The number of hydrogen-bond donors (Lipinski definition) is 0. The highest BCUT2D eigenvalue weighted by Crippen LogP contribution is 2.23. The monoisotopic (exact) mass is 337 g/mol. The van der Waals surface area contributed by atoms with Crippen molar-refractivity contribution >= 4 is 16.7 Å². The maximum Gasteiger partial charge on any atom is 0.260 e. The van der Waals surface area contributed by atoms with Gasteiger partial charge in [-0.3, -0.25) is 9.00 Å². The van der Waals surface area contributed by atoms with Gasteiger partial charge >= 0.3 is 0 Å². The van der Waals surface area contributed by atoms with E-state index in [1.807, 2.05) is 19.1 Å². The molecule has 0 bridgehead atoms. The fourth-order valence-electron chi connectivity index (χ4n) is 2.96. The van der Waals surface area contributed by atoms with Gasteiger partial charge in [0, 0.05) is 34.9 Å². The summed E-state index contributed by atoms with van der Waals surface area (Å²) in [6, 6.07) is 6.11. The molecular formula is C18H27NO3S. The molecule has 0 aliphatic carbocycles. The summed E-state index contributed by atoms with van der Waals surface area (Å²) in [5, 5.41) is 0. The summed E-state index contributed by atoms with van der Waals surface area (Å²) in [6.07, 6.45) is 0.792. The largest absolute Gasteiger partial charge is 0.484 e. The van der Waals surface area contributed by atoms with E-state index >= 15 is 0 Å². The van der Waals surface area contributed by atoms with Gasteiger partial charge in [-0.25, -0.2) is 0 Å². The second-order valence-corrected chi connectivity index (χ2v) is 8.23. The van der Waals surface area contributed by atoms with E-state index in [0.717, 1.165) is 12.2 Å². The van der Waals surface area contributed by atoms with E-state index in [1.165, 1.54) is 11.1 Å². The Bertz CT molecular complexity index is 586. The van der Waals surface area contributed by atoms with Crippen LogP contribution in [-0.2, 0) is 15.6 Å². The highest BCUT2D eigenvalue weighted by atomic mass is 32.2. The highest BCUT2D eigenvalue weighted by Gasteiger charge is 2.24. The maximum atomic E-state index is 12.4. The first-order valence-electron chi connectivity index (χ1n) is 8.26. The minimum absolute atomic E-state index is 0.0259. The standard InChI is InChI=1S/C18H27NO3S/c1-13(2)17-6-5-16(11-14(17)3)22-12-18(20)19-8-10-23(21)9-7-15(19)4/h5-6,11,13,15H,7-10,12H2,1-4H3/t15-,23+/m0/s1. The fraction of sp³-hybridized carbons (Fsp3) is 0.611. The Morgan fingerprint density at radius 1 is 1.39 bits per heavy atom. The van der Waals surface area contributed by atoms with Gasteiger partial charge in [0.1, 0.15) is 5.75 Å². The summed E-state index contributed by atoms with van der Waals surface area (Å²) >= 11 is 0. The van der Waals surface area contributed by atoms with Gasteiger partial charge < -0.3 is 9.64 Å². The lowest BCUT2D eigenvalue weighted by Crippen LogP contribution is -2.42. The number of nitrogens with zero attached hydrogens (tertiary/aromatic N) is 1. The van der Waals surface area contributed by atoms with Crippen molar-refractivity contribution in [2.75, 3.05) is 24.7 Å². The lowest BCUT2D eigenvalue weighted by Gasteiger charge is -2.26. The third kappa shape index (κ3) is 4.80. The van der Waals surface area contributed by atoms with Crippen LogP contribution in [0.25, 0.3) is 0 Å². The molecule has 1 amide bonds. The molecule has 0 spiro atoms. The molecule has 2 rings (SSSR count). The van der Waals surface area contributed by atoms with Gasteiger partial charge in [0.25, 0.3) is 5.91 Å². The van der Waals surface area contributed by atoms with Gasteiger partial charge in [0.15, 0.2) is 6.61 Å². The van der Waals surface area contributed by atoms with Gasteiger partial charge in [-0.2, -0.15) is 0 Å². The van der Waals surface area contributed by atoms with Gasteiger partial charge in [-0.15, -0.1) is 0 Å². The molecule has 0 N–H and O–H groups in total. The Morgan fingerprint density at radius 2 is 2.13 bits per heavy atom. The van der Waals surface area contributed by atoms with Crippen molar-refractivity contribution in [2.24, 2.45) is 0 Å². The van der Waals surface area contributed by atoms with Crippen LogP contribution < -0.4 is 4.74 Å². The minimum atomic E-state index is -0.800. The van der Waals surface area contributed by atoms with Crippen LogP contribution in [0.5, 0.6) is 5.75 Å². The van der Waals surface area contributed by atoms with E-state index < -0.39 is 10.8 Å². The van der Waals surface area contributed by atoms with Crippen LogP contribution in [0.1, 0.15) is 44.2 Å². The zero-order valence-corrected chi connectivity index (χ0v) is 15.3. The summed E-state index contributed by atoms with van der Waals surface area (Å²) in [5.74, 6) is 2.43. The lowest BCUT2D eigenvalue weighted by molar-refractivity contribution is -0.135. The molecule has 23 heavy (non-hydrogen) atoms. The van der Waals surface area contributed by atoms with Crippen LogP contribution in [0.3, 0.4) is 0 Å². The van der Waals surface area contributed by atoms with Crippen LogP contribution in [0.4, 0.5) is 0 Å². The molecular weight excluding hydrogens is 310 g/mol. The first kappa shape index (κ1) is 18.0. The second-order valence-electron chi connectivity index (χ2n) is 6.53. The Balaban J connectivity index is 1.96. The Morgan fingerprint density at radius 3 is 2.78 bits per heavy atom. The number of carbonyl (C=O) groups is 1. The first-order valence-corrected chi connectivity index (χ1v) is 9.75. The molecule has 1 aromatic rings. The van der Waals surface area contributed by atoms with Gasteiger partial charge in [0.05, 0.1) is 0 Å². The highest BCUT2D eigenvalue weighted by molar-refractivity contribution is 7.85. The Hall–Kier alpha value is -1.36. The third-order valence-electron chi connectivity index (χ3n) is 4.40. The average Bonchev–Trinajstić information content (AvgIpc) is 2.66. The number of aryl methyl sites for hydroxylation is 1. The maximum absolute atomic E-state index is 12.4. The summed E-state index contributed by atoms with van der Waals surface area (Å²) in [4.78, 5) is 14.2. The van der Waals surface area contributed by atoms with Crippen molar-refractivity contribution in [3.8, 4) is 5.75 Å². The lowest BCUT2D eigenvalue weighted by atomic mass is 9.98. The molecule has 1 aliphatic rings. The number of benzene rings is 1. The molecule has 1 fully saturated rings. The Kier molecular flexibility index (Phi) is 6.22. The molecule has 1 aliphatic heterocycles. The first-order chi connectivity index (χ1) is 10.9. The van der Waals surface area contributed by atoms with Crippen LogP contribution in [0.15, 0.2) is 18.2 Å². The van der Waals surface area contributed by atoms with E-state index in [9.17, 15) is 9.00 Å². The van der Waals surface area contributed by atoms with Crippen LogP contribution >= 0.6 is 0 Å². The number of carbonyl (C=O) groups excluding carboxylic acids is 1. The van der Waals surface area contributed by atoms with Gasteiger partial charge in [0.2, 0.25) is 0 Å². The molecule has 1 heterocycles. The average molecular weight is 337 g/mol. The van der Waals surface area contributed by atoms with Gasteiger partial charge in [-0.1, -0.05) is 19.9 Å². The number of amides is 1. The van der Waals surface area contributed by atoms with E-state index in [0.29, 0.717) is 24.0 Å². The normalized spacial score (nSPS) is 22.0. The molecule has 0 saturated carbocycles. The predicted molar refractivity (Wildman–Crippen MR) is 94.4 cm³/mol. The zero-order chi connectivity index (χ0) is 17.0. The molecule has 0 radical (unpaired) electrons. The molecule has 2 atom stereocenters. The quantitative estimate of drug-likeness (QED) is 0.849. The van der Waals surface area contributed by atoms with E-state index in [-0.39, 0.29) is 18.6 Å². The molecule has 128 valence electrons. The molecule has 4 nitrogen and oxygen atoms in total. The zero-order valence-electron chi connectivity index (χ0n) is 14.5. The van der Waals surface area contributed by atoms with Crippen molar-refractivity contribution in [1.82, 2.24) is 4.90 Å². The fourth-order valence-corrected chi connectivity index (χ4v) is 4.17. The van der Waals surface area contributed by atoms with Crippen molar-refractivity contribution in [3.05, 3.63) is 29.3 Å². The SMILES string of the molecule is Cc1cc(OCC(=O)N2CC[S@](=O)CC[C@@H]2C)ccc1C(C)C. The Labute approximate surface area is 141 Å². The van der Waals surface area contributed by atoms with Crippen LogP contribution in [0, 0.1) is 6.92 Å². The van der Waals surface area contributed by atoms with Crippen LogP contribution in [-0.4, -0.2) is 45.7 Å². The second kappa shape index (κ2) is 7.95. The number of hydrogen-bond acceptors (Lipinski definition) is 3. The van der Waals surface area contributed by atoms with Crippen molar-refractivity contribution in [3.63, 3.8) is 0 Å². The van der Waals surface area contributed by atoms with Crippen LogP contribution in [0.2, 0.25) is 0 Å². The number of rotatable bonds is 4. The smallest absolute Gasteiger partial charge is 0.260 e. The van der Waals surface area contributed by atoms with E-state index in [4.69, 9.17) is 4.74 Å². The third-order valence-corrected chi connectivity index (χ3v) is 5.73. The topological polar surface area (TPSA) is 46.6 Å². The minimum Gasteiger partial charge on any atom is -0.484 e. The van der Waals surface area contributed by atoms with Crippen molar-refractivity contribution in [2.45, 2.75) is 46.1 Å². The molecule has 1 saturated heterocycles. The summed E-state index contributed by atoms with van der Waals surface area (Å²) in [5.41, 5.74) is 2.48.